The molecule has 0 fully saturated rings. The molecule has 1 aromatic heterocycles. The van der Waals surface area contributed by atoms with E-state index >= 15 is 0 Å². The Balaban J connectivity index is 0.000000397. The third-order valence-electron chi connectivity index (χ3n) is 3.12. The standard InChI is InChI=1S/C10H8O9S3.C3H3N3/c11-20(12,13)8-5-6-3-1-2-4-7(6)9(21(14,15)16)10(8)22(17,18)19;1-2-4-6-5-3-1/h1-5H,(H,11,12,13)(H,14,15,16)(H,17,18,19);1-3H. The van der Waals surface area contributed by atoms with Gasteiger partial charge >= 0.3 is 0 Å². The molecule has 3 rings (SSSR count). The van der Waals surface area contributed by atoms with Crippen molar-refractivity contribution in [1.29, 1.82) is 0 Å². The fourth-order valence-electron chi connectivity index (χ4n) is 2.17. The van der Waals surface area contributed by atoms with E-state index in [1.807, 2.05) is 0 Å². The SMILES string of the molecule is O=S(=O)(O)c1cc2ccccc2c(S(=O)(=O)O)c1S(=O)(=O)O.c1cnnnc1. The van der Waals surface area contributed by atoms with Gasteiger partial charge in [0.1, 0.15) is 14.7 Å². The maximum absolute atomic E-state index is 11.5. The summed E-state index contributed by atoms with van der Waals surface area (Å²) < 4.78 is 96.0. The third-order valence-corrected chi connectivity index (χ3v) is 6.14. The Morgan fingerprint density at radius 3 is 1.61 bits per heavy atom. The number of hydrogen-bond acceptors (Lipinski definition) is 9. The predicted molar refractivity (Wildman–Crippen MR) is 93.2 cm³/mol. The van der Waals surface area contributed by atoms with Gasteiger partial charge in [0.15, 0.2) is 0 Å². The van der Waals surface area contributed by atoms with Gasteiger partial charge in [-0.1, -0.05) is 24.3 Å². The molecule has 12 nitrogen and oxygen atoms in total. The van der Waals surface area contributed by atoms with Crippen molar-refractivity contribution in [3.05, 3.63) is 48.8 Å². The maximum Gasteiger partial charge on any atom is 0.297 e. The Morgan fingerprint density at radius 1 is 0.679 bits per heavy atom. The van der Waals surface area contributed by atoms with Gasteiger partial charge in [-0.3, -0.25) is 13.7 Å². The summed E-state index contributed by atoms with van der Waals surface area (Å²) in [5, 5.41) is 9.70. The molecular formula is C13H11N3O9S3. The molecule has 0 saturated carbocycles. The average Bonchev–Trinajstić information content (AvgIpc) is 2.59. The van der Waals surface area contributed by atoms with Crippen LogP contribution in [0.3, 0.4) is 0 Å². The minimum atomic E-state index is -5.40. The van der Waals surface area contributed by atoms with Crippen molar-refractivity contribution in [3.8, 4) is 0 Å². The minimum Gasteiger partial charge on any atom is -0.282 e. The summed E-state index contributed by atoms with van der Waals surface area (Å²) in [6, 6.07) is 7.40. The lowest BCUT2D eigenvalue weighted by atomic mass is 10.1. The lowest BCUT2D eigenvalue weighted by molar-refractivity contribution is 0.457. The highest BCUT2D eigenvalue weighted by atomic mass is 32.2. The van der Waals surface area contributed by atoms with Crippen LogP contribution in [0.1, 0.15) is 0 Å². The molecule has 1 heterocycles. The van der Waals surface area contributed by atoms with Crippen LogP contribution in [-0.4, -0.2) is 54.3 Å². The van der Waals surface area contributed by atoms with Crippen LogP contribution in [0.15, 0.2) is 63.5 Å². The highest BCUT2D eigenvalue weighted by molar-refractivity contribution is 7.90. The quantitative estimate of drug-likeness (QED) is 0.467. The molecule has 15 heteroatoms. The van der Waals surface area contributed by atoms with Gasteiger partial charge in [-0.25, -0.2) is 0 Å². The van der Waals surface area contributed by atoms with Gasteiger partial charge in [0.2, 0.25) is 0 Å². The Morgan fingerprint density at radius 2 is 1.21 bits per heavy atom. The van der Waals surface area contributed by atoms with Gasteiger partial charge in [0.05, 0.1) is 12.4 Å². The van der Waals surface area contributed by atoms with E-state index in [4.69, 9.17) is 9.11 Å². The fourth-order valence-corrected chi connectivity index (χ4v) is 5.57. The van der Waals surface area contributed by atoms with E-state index in [9.17, 15) is 29.8 Å². The molecule has 0 spiro atoms. The summed E-state index contributed by atoms with van der Waals surface area (Å²) in [5.41, 5.74) is 0. The van der Waals surface area contributed by atoms with E-state index in [-0.39, 0.29) is 10.8 Å². The highest BCUT2D eigenvalue weighted by Gasteiger charge is 2.34. The number of aromatic nitrogens is 3. The number of benzene rings is 2. The molecule has 0 aliphatic rings. The van der Waals surface area contributed by atoms with Crippen LogP contribution in [0.2, 0.25) is 0 Å². The first-order valence-corrected chi connectivity index (χ1v) is 11.2. The molecule has 3 N–H and O–H groups in total. The van der Waals surface area contributed by atoms with Crippen molar-refractivity contribution < 1.29 is 38.9 Å². The predicted octanol–water partition coefficient (Wildman–Crippen LogP) is 0.452. The summed E-state index contributed by atoms with van der Waals surface area (Å²) >= 11 is 0. The van der Waals surface area contributed by atoms with Gasteiger partial charge in [-0.15, -0.1) is 10.2 Å². The third kappa shape index (κ3) is 5.03. The van der Waals surface area contributed by atoms with Crippen LogP contribution in [0.4, 0.5) is 0 Å². The lowest BCUT2D eigenvalue weighted by Gasteiger charge is -2.12. The van der Waals surface area contributed by atoms with Crippen molar-refractivity contribution in [1.82, 2.24) is 15.4 Å². The van der Waals surface area contributed by atoms with Gasteiger partial charge < -0.3 is 0 Å². The van der Waals surface area contributed by atoms with Crippen LogP contribution in [-0.2, 0) is 30.4 Å². The summed E-state index contributed by atoms with van der Waals surface area (Å²) in [7, 11) is -15.8. The summed E-state index contributed by atoms with van der Waals surface area (Å²) in [5.74, 6) is 0. The normalized spacial score (nSPS) is 12.2. The monoisotopic (exact) mass is 449 g/mol. The second kappa shape index (κ2) is 7.82. The average molecular weight is 449 g/mol. The summed E-state index contributed by atoms with van der Waals surface area (Å²) in [6.07, 6.45) is 3.15. The van der Waals surface area contributed by atoms with Crippen molar-refractivity contribution in [2.45, 2.75) is 14.7 Å². The molecule has 0 aliphatic heterocycles. The van der Waals surface area contributed by atoms with Gasteiger partial charge in [0, 0.05) is 5.39 Å². The Labute approximate surface area is 159 Å². The van der Waals surface area contributed by atoms with Crippen molar-refractivity contribution in [2.24, 2.45) is 0 Å². The molecule has 0 bridgehead atoms. The molecule has 0 saturated heterocycles. The molecule has 28 heavy (non-hydrogen) atoms. The maximum atomic E-state index is 11.5. The first-order chi connectivity index (χ1) is 12.8. The molecule has 0 atom stereocenters. The van der Waals surface area contributed by atoms with Gasteiger partial charge in [0.25, 0.3) is 30.4 Å². The van der Waals surface area contributed by atoms with E-state index in [2.05, 4.69) is 15.4 Å². The van der Waals surface area contributed by atoms with Crippen LogP contribution < -0.4 is 0 Å². The van der Waals surface area contributed by atoms with E-state index in [0.717, 1.165) is 6.07 Å². The van der Waals surface area contributed by atoms with Crippen LogP contribution in [0.25, 0.3) is 10.8 Å². The van der Waals surface area contributed by atoms with E-state index < -0.39 is 45.0 Å². The number of fused-ring (bicyclic) bond motifs is 1. The van der Waals surface area contributed by atoms with Crippen LogP contribution in [0.5, 0.6) is 0 Å². The lowest BCUT2D eigenvalue weighted by Crippen LogP contribution is -2.15. The number of hydrogen-bond donors (Lipinski definition) is 3. The molecule has 0 unspecified atom stereocenters. The first kappa shape index (κ1) is 21.7. The zero-order valence-electron chi connectivity index (χ0n) is 13.5. The summed E-state index contributed by atoms with van der Waals surface area (Å²) in [4.78, 5) is -4.31. The molecule has 0 amide bonds. The topological polar surface area (TPSA) is 202 Å². The zero-order chi connectivity index (χ0) is 21.2. The number of rotatable bonds is 3. The smallest absolute Gasteiger partial charge is 0.282 e. The van der Waals surface area contributed by atoms with Gasteiger partial charge in [-0.2, -0.15) is 25.3 Å². The van der Waals surface area contributed by atoms with E-state index in [0.29, 0.717) is 6.07 Å². The number of nitrogens with zero attached hydrogens (tertiary/aromatic N) is 3. The van der Waals surface area contributed by atoms with Gasteiger partial charge in [-0.05, 0) is 22.7 Å². The van der Waals surface area contributed by atoms with Crippen molar-refractivity contribution in [2.75, 3.05) is 0 Å². The molecule has 2 aromatic carbocycles. The Kier molecular flexibility index (Phi) is 6.07. The van der Waals surface area contributed by atoms with E-state index in [1.165, 1.54) is 18.2 Å². The zero-order valence-corrected chi connectivity index (χ0v) is 15.9. The largest absolute Gasteiger partial charge is 0.297 e. The molecule has 3 aromatic rings. The second-order valence-electron chi connectivity index (χ2n) is 4.99. The van der Waals surface area contributed by atoms with Crippen molar-refractivity contribution in [3.63, 3.8) is 0 Å². The van der Waals surface area contributed by atoms with Crippen LogP contribution in [0, 0.1) is 0 Å². The highest BCUT2D eigenvalue weighted by Crippen LogP contribution is 2.35. The second-order valence-corrected chi connectivity index (χ2v) is 9.10. The molecule has 0 radical (unpaired) electrons. The van der Waals surface area contributed by atoms with Crippen LogP contribution >= 0.6 is 0 Å². The Bertz CT molecular complexity index is 1300. The molecule has 0 aliphatic carbocycles. The first-order valence-electron chi connectivity index (χ1n) is 6.90. The van der Waals surface area contributed by atoms with Crippen molar-refractivity contribution >= 4 is 41.1 Å². The molecule has 150 valence electrons. The van der Waals surface area contributed by atoms with E-state index in [1.54, 1.807) is 18.5 Å². The minimum absolute atomic E-state index is 0.0878. The summed E-state index contributed by atoms with van der Waals surface area (Å²) in [6.45, 7) is 0. The fraction of sp³-hybridized carbons (Fsp3) is 0. The molecular weight excluding hydrogens is 438 g/mol. The Hall–Kier alpha value is -2.56.